The lowest BCUT2D eigenvalue weighted by Crippen LogP contribution is -2.29. The van der Waals surface area contributed by atoms with E-state index >= 15 is 0 Å². The molecule has 0 aromatic carbocycles. The summed E-state index contributed by atoms with van der Waals surface area (Å²) in [6, 6.07) is 0. The topological polar surface area (TPSA) is 58.9 Å². The van der Waals surface area contributed by atoms with Crippen LogP contribution in [0.2, 0.25) is 0 Å². The lowest BCUT2D eigenvalue weighted by molar-refractivity contribution is -0.143. The van der Waals surface area contributed by atoms with E-state index in [1.807, 2.05) is 0 Å². The molecule has 4 nitrogen and oxygen atoms in total. The van der Waals surface area contributed by atoms with Gasteiger partial charge in [-0.05, 0) is 18.6 Å². The molecule has 1 aliphatic rings. The van der Waals surface area contributed by atoms with Crippen LogP contribution in [0.1, 0.15) is 20.3 Å². The SMILES string of the molecule is CCOC(=O)C1SCC(CC)C1/C=N\O. The minimum atomic E-state index is -0.203. The van der Waals surface area contributed by atoms with Gasteiger partial charge in [-0.15, -0.1) is 16.9 Å². The van der Waals surface area contributed by atoms with Crippen molar-refractivity contribution in [1.82, 2.24) is 0 Å². The first-order chi connectivity index (χ1) is 7.24. The molecule has 1 rings (SSSR count). The molecule has 1 N–H and O–H groups in total. The molecule has 1 heterocycles. The van der Waals surface area contributed by atoms with Crippen LogP contribution in [-0.4, -0.2) is 35.0 Å². The molecule has 3 unspecified atom stereocenters. The van der Waals surface area contributed by atoms with Crippen LogP contribution in [0.15, 0.2) is 5.16 Å². The molecule has 1 aliphatic heterocycles. The number of hydrogen-bond acceptors (Lipinski definition) is 5. The maximum absolute atomic E-state index is 11.6. The van der Waals surface area contributed by atoms with Crippen molar-refractivity contribution >= 4 is 23.9 Å². The quantitative estimate of drug-likeness (QED) is 0.347. The molecule has 0 bridgehead atoms. The van der Waals surface area contributed by atoms with Crippen LogP contribution in [-0.2, 0) is 9.53 Å². The van der Waals surface area contributed by atoms with E-state index in [2.05, 4.69) is 12.1 Å². The molecule has 0 aliphatic carbocycles. The van der Waals surface area contributed by atoms with Gasteiger partial charge in [-0.3, -0.25) is 4.79 Å². The number of esters is 1. The lowest BCUT2D eigenvalue weighted by atomic mass is 9.90. The van der Waals surface area contributed by atoms with Crippen LogP contribution >= 0.6 is 11.8 Å². The third kappa shape index (κ3) is 2.87. The van der Waals surface area contributed by atoms with Gasteiger partial charge >= 0.3 is 5.97 Å². The Hall–Kier alpha value is -0.710. The first-order valence-corrected chi connectivity index (χ1v) is 6.25. The van der Waals surface area contributed by atoms with Gasteiger partial charge < -0.3 is 9.94 Å². The highest BCUT2D eigenvalue weighted by molar-refractivity contribution is 8.00. The molecule has 0 amide bonds. The van der Waals surface area contributed by atoms with Gasteiger partial charge in [-0.2, -0.15) is 0 Å². The van der Waals surface area contributed by atoms with Gasteiger partial charge in [0.2, 0.25) is 0 Å². The fourth-order valence-electron chi connectivity index (χ4n) is 1.81. The molecule has 0 spiro atoms. The molecular weight excluding hydrogens is 214 g/mol. The Morgan fingerprint density at radius 3 is 2.93 bits per heavy atom. The largest absolute Gasteiger partial charge is 0.465 e. The van der Waals surface area contributed by atoms with E-state index in [4.69, 9.17) is 9.94 Å². The second-order valence-electron chi connectivity index (χ2n) is 3.52. The summed E-state index contributed by atoms with van der Waals surface area (Å²) >= 11 is 1.59. The van der Waals surface area contributed by atoms with Gasteiger partial charge in [0.1, 0.15) is 5.25 Å². The van der Waals surface area contributed by atoms with Gasteiger partial charge in [0, 0.05) is 12.1 Å². The molecule has 15 heavy (non-hydrogen) atoms. The predicted molar refractivity (Wildman–Crippen MR) is 60.4 cm³/mol. The van der Waals surface area contributed by atoms with Gasteiger partial charge in [0.25, 0.3) is 0 Å². The summed E-state index contributed by atoms with van der Waals surface area (Å²) in [6.45, 7) is 4.27. The number of carbonyl (C=O) groups excluding carboxylic acids is 1. The molecular formula is C10H17NO3S. The minimum absolute atomic E-state index is 0.00375. The zero-order valence-corrected chi connectivity index (χ0v) is 9.87. The third-order valence-electron chi connectivity index (χ3n) is 2.67. The Labute approximate surface area is 94.1 Å². The number of hydrogen-bond donors (Lipinski definition) is 1. The highest BCUT2D eigenvalue weighted by atomic mass is 32.2. The molecule has 0 saturated carbocycles. The van der Waals surface area contributed by atoms with Crippen molar-refractivity contribution in [3.63, 3.8) is 0 Å². The first kappa shape index (κ1) is 12.4. The number of oxime groups is 1. The fourth-order valence-corrected chi connectivity index (χ4v) is 3.44. The highest BCUT2D eigenvalue weighted by Gasteiger charge is 2.40. The summed E-state index contributed by atoms with van der Waals surface area (Å²) in [6.07, 6.45) is 2.45. The molecule has 0 aromatic heterocycles. The van der Waals surface area contributed by atoms with Gasteiger partial charge in [0.05, 0.1) is 6.61 Å². The summed E-state index contributed by atoms with van der Waals surface area (Å²) in [4.78, 5) is 11.6. The standard InChI is InChI=1S/C10H17NO3S/c1-3-7-6-15-9(8(7)5-11-13)10(12)14-4-2/h5,7-9,13H,3-4,6H2,1-2H3/b11-5-. The van der Waals surface area contributed by atoms with Crippen molar-refractivity contribution < 1.29 is 14.7 Å². The smallest absolute Gasteiger partial charge is 0.319 e. The molecule has 0 radical (unpaired) electrons. The molecule has 0 aromatic rings. The molecule has 1 fully saturated rings. The molecule has 1 saturated heterocycles. The predicted octanol–water partition coefficient (Wildman–Crippen LogP) is 1.77. The fraction of sp³-hybridized carbons (Fsp3) is 0.800. The summed E-state index contributed by atoms with van der Waals surface area (Å²) in [5, 5.41) is 11.4. The van der Waals surface area contributed by atoms with Crippen molar-refractivity contribution in [2.75, 3.05) is 12.4 Å². The van der Waals surface area contributed by atoms with Crippen LogP contribution in [0.3, 0.4) is 0 Å². The van der Waals surface area contributed by atoms with Crippen LogP contribution < -0.4 is 0 Å². The Balaban J connectivity index is 2.68. The van der Waals surface area contributed by atoms with E-state index in [0.717, 1.165) is 12.2 Å². The van der Waals surface area contributed by atoms with Crippen LogP contribution in [0.25, 0.3) is 0 Å². The van der Waals surface area contributed by atoms with Crippen molar-refractivity contribution in [2.24, 2.45) is 17.0 Å². The highest BCUT2D eigenvalue weighted by Crippen LogP contribution is 2.38. The summed E-state index contributed by atoms with van der Waals surface area (Å²) in [5.41, 5.74) is 0. The van der Waals surface area contributed by atoms with Gasteiger partial charge in [-0.1, -0.05) is 13.3 Å². The number of ether oxygens (including phenoxy) is 1. The monoisotopic (exact) mass is 231 g/mol. The molecule has 5 heteroatoms. The van der Waals surface area contributed by atoms with Crippen LogP contribution in [0.5, 0.6) is 0 Å². The summed E-state index contributed by atoms with van der Waals surface area (Å²) in [7, 11) is 0. The second kappa shape index (κ2) is 6.00. The van der Waals surface area contributed by atoms with E-state index in [9.17, 15) is 4.79 Å². The van der Waals surface area contributed by atoms with Crippen molar-refractivity contribution in [3.05, 3.63) is 0 Å². The minimum Gasteiger partial charge on any atom is -0.465 e. The average molecular weight is 231 g/mol. The number of nitrogens with zero attached hydrogens (tertiary/aromatic N) is 1. The van der Waals surface area contributed by atoms with E-state index in [-0.39, 0.29) is 17.1 Å². The van der Waals surface area contributed by atoms with Crippen LogP contribution in [0.4, 0.5) is 0 Å². The maximum atomic E-state index is 11.6. The molecule has 3 atom stereocenters. The average Bonchev–Trinajstić information content (AvgIpc) is 2.62. The summed E-state index contributed by atoms with van der Waals surface area (Å²) < 4.78 is 4.99. The van der Waals surface area contributed by atoms with E-state index in [1.165, 1.54) is 6.21 Å². The van der Waals surface area contributed by atoms with Gasteiger partial charge in [0.15, 0.2) is 0 Å². The number of rotatable bonds is 4. The molecule has 86 valence electrons. The summed E-state index contributed by atoms with van der Waals surface area (Å²) in [5.74, 6) is 1.14. The van der Waals surface area contributed by atoms with Crippen molar-refractivity contribution in [3.8, 4) is 0 Å². The lowest BCUT2D eigenvalue weighted by Gasteiger charge is -2.16. The Kier molecular flexibility index (Phi) is 4.94. The van der Waals surface area contributed by atoms with Crippen molar-refractivity contribution in [1.29, 1.82) is 0 Å². The first-order valence-electron chi connectivity index (χ1n) is 5.20. The Morgan fingerprint density at radius 2 is 2.40 bits per heavy atom. The zero-order valence-electron chi connectivity index (χ0n) is 9.05. The van der Waals surface area contributed by atoms with E-state index in [0.29, 0.717) is 12.5 Å². The third-order valence-corrected chi connectivity index (χ3v) is 4.15. The number of carbonyl (C=O) groups is 1. The second-order valence-corrected chi connectivity index (χ2v) is 4.69. The Bertz CT molecular complexity index is 245. The normalized spacial score (nSPS) is 30.9. The van der Waals surface area contributed by atoms with Crippen LogP contribution in [0, 0.1) is 11.8 Å². The van der Waals surface area contributed by atoms with E-state index in [1.54, 1.807) is 18.7 Å². The van der Waals surface area contributed by atoms with E-state index < -0.39 is 0 Å². The number of thioether (sulfide) groups is 1. The Morgan fingerprint density at radius 1 is 1.67 bits per heavy atom. The van der Waals surface area contributed by atoms with Crippen molar-refractivity contribution in [2.45, 2.75) is 25.5 Å². The zero-order chi connectivity index (χ0) is 11.3. The maximum Gasteiger partial charge on any atom is 0.319 e. The van der Waals surface area contributed by atoms with Gasteiger partial charge in [-0.25, -0.2) is 0 Å².